The van der Waals surface area contributed by atoms with Crippen molar-refractivity contribution in [2.45, 2.75) is 13.5 Å². The molecule has 0 saturated heterocycles. The van der Waals surface area contributed by atoms with Crippen molar-refractivity contribution in [1.82, 2.24) is 5.16 Å². The van der Waals surface area contributed by atoms with Crippen molar-refractivity contribution in [3.63, 3.8) is 0 Å². The first-order valence-corrected chi connectivity index (χ1v) is 3.64. The smallest absolute Gasteiger partial charge is 0.176 e. The van der Waals surface area contributed by atoms with Crippen LogP contribution in [0.1, 0.15) is 11.5 Å². The third-order valence-corrected chi connectivity index (χ3v) is 2.15. The van der Waals surface area contributed by atoms with E-state index < -0.39 is 0 Å². The first-order chi connectivity index (χ1) is 4.75. The van der Waals surface area contributed by atoms with Gasteiger partial charge in [0.15, 0.2) is 5.76 Å². The summed E-state index contributed by atoms with van der Waals surface area (Å²) in [6.45, 7) is 2.33. The fourth-order valence-electron chi connectivity index (χ4n) is 0.626. The second kappa shape index (κ2) is 3.16. The second-order valence-corrected chi connectivity index (χ2v) is 2.73. The molecule has 0 aliphatic heterocycles. The standard InChI is InChI=1S/C6H8BrNO2/c1-4-6(7)5(3-9-2)10-8-4/h3H2,1-2H3. The number of hydrogen-bond acceptors (Lipinski definition) is 3. The van der Waals surface area contributed by atoms with E-state index in [-0.39, 0.29) is 0 Å². The number of ether oxygens (including phenoxy) is 1. The first-order valence-electron chi connectivity index (χ1n) is 2.85. The van der Waals surface area contributed by atoms with E-state index in [1.54, 1.807) is 7.11 Å². The van der Waals surface area contributed by atoms with Gasteiger partial charge in [0, 0.05) is 7.11 Å². The van der Waals surface area contributed by atoms with Gasteiger partial charge in [0.05, 0.1) is 10.2 Å². The van der Waals surface area contributed by atoms with Crippen LogP contribution in [0.2, 0.25) is 0 Å². The van der Waals surface area contributed by atoms with Crippen molar-refractivity contribution in [3.05, 3.63) is 15.9 Å². The molecule has 0 aliphatic carbocycles. The van der Waals surface area contributed by atoms with E-state index >= 15 is 0 Å². The third-order valence-electron chi connectivity index (χ3n) is 1.13. The molecule has 0 fully saturated rings. The fraction of sp³-hybridized carbons (Fsp3) is 0.500. The van der Waals surface area contributed by atoms with E-state index in [0.29, 0.717) is 6.61 Å². The second-order valence-electron chi connectivity index (χ2n) is 1.94. The molecule has 4 heteroatoms. The van der Waals surface area contributed by atoms with Crippen LogP contribution in [0.3, 0.4) is 0 Å². The Morgan fingerprint density at radius 3 is 2.80 bits per heavy atom. The Morgan fingerprint density at radius 1 is 1.70 bits per heavy atom. The van der Waals surface area contributed by atoms with Crippen LogP contribution in [0.4, 0.5) is 0 Å². The molecule has 0 radical (unpaired) electrons. The first kappa shape index (κ1) is 7.75. The molecule has 0 spiro atoms. The minimum Gasteiger partial charge on any atom is -0.377 e. The molecule has 0 unspecified atom stereocenters. The summed E-state index contributed by atoms with van der Waals surface area (Å²) in [5.41, 5.74) is 0.854. The van der Waals surface area contributed by atoms with Gasteiger partial charge >= 0.3 is 0 Å². The zero-order valence-electron chi connectivity index (χ0n) is 5.85. The van der Waals surface area contributed by atoms with Crippen LogP contribution >= 0.6 is 15.9 Å². The van der Waals surface area contributed by atoms with E-state index in [0.717, 1.165) is 15.9 Å². The predicted molar refractivity (Wildman–Crippen MR) is 39.7 cm³/mol. The number of methoxy groups -OCH3 is 1. The summed E-state index contributed by atoms with van der Waals surface area (Å²) >= 11 is 3.31. The Kier molecular flexibility index (Phi) is 2.45. The summed E-state index contributed by atoms with van der Waals surface area (Å²) in [6.07, 6.45) is 0. The van der Waals surface area contributed by atoms with Gasteiger partial charge in [-0.05, 0) is 22.9 Å². The van der Waals surface area contributed by atoms with E-state index in [4.69, 9.17) is 9.26 Å². The molecule has 0 atom stereocenters. The zero-order chi connectivity index (χ0) is 7.56. The summed E-state index contributed by atoms with van der Waals surface area (Å²) in [5.74, 6) is 0.736. The van der Waals surface area contributed by atoms with Gasteiger partial charge in [-0.1, -0.05) is 5.16 Å². The molecule has 1 rings (SSSR count). The molecular formula is C6H8BrNO2. The SMILES string of the molecule is COCc1onc(C)c1Br. The quantitative estimate of drug-likeness (QED) is 0.741. The van der Waals surface area contributed by atoms with E-state index in [1.165, 1.54) is 0 Å². The molecule has 56 valence electrons. The van der Waals surface area contributed by atoms with Crippen LogP contribution in [-0.4, -0.2) is 12.3 Å². The summed E-state index contributed by atoms with van der Waals surface area (Å²) < 4.78 is 10.7. The lowest BCUT2D eigenvalue weighted by molar-refractivity contribution is 0.155. The molecule has 0 bridgehead atoms. The Hall–Kier alpha value is -0.350. The Labute approximate surface area is 67.5 Å². The predicted octanol–water partition coefficient (Wildman–Crippen LogP) is 1.89. The van der Waals surface area contributed by atoms with Crippen molar-refractivity contribution in [3.8, 4) is 0 Å². The average Bonchev–Trinajstić information content (AvgIpc) is 2.20. The Morgan fingerprint density at radius 2 is 2.40 bits per heavy atom. The minimum absolute atomic E-state index is 0.460. The molecule has 1 heterocycles. The van der Waals surface area contributed by atoms with Crippen LogP contribution < -0.4 is 0 Å². The van der Waals surface area contributed by atoms with Crippen molar-refractivity contribution in [2.24, 2.45) is 0 Å². The Bertz CT molecular complexity index is 222. The highest BCUT2D eigenvalue weighted by Gasteiger charge is 2.08. The van der Waals surface area contributed by atoms with E-state index in [1.807, 2.05) is 6.92 Å². The monoisotopic (exact) mass is 205 g/mol. The van der Waals surface area contributed by atoms with Crippen molar-refractivity contribution < 1.29 is 9.26 Å². The highest BCUT2D eigenvalue weighted by atomic mass is 79.9. The average molecular weight is 206 g/mol. The third kappa shape index (κ3) is 1.38. The lowest BCUT2D eigenvalue weighted by Crippen LogP contribution is -1.84. The molecule has 0 saturated carbocycles. The van der Waals surface area contributed by atoms with E-state index in [9.17, 15) is 0 Å². The van der Waals surface area contributed by atoms with Gasteiger partial charge in [-0.2, -0.15) is 0 Å². The molecule has 0 aliphatic rings. The number of halogens is 1. The summed E-state index contributed by atoms with van der Waals surface area (Å²) in [6, 6.07) is 0. The van der Waals surface area contributed by atoms with Crippen LogP contribution in [0.15, 0.2) is 9.00 Å². The van der Waals surface area contributed by atoms with Crippen LogP contribution in [0.5, 0.6) is 0 Å². The lowest BCUT2D eigenvalue weighted by atomic mass is 10.4. The van der Waals surface area contributed by atoms with Gasteiger partial charge in [-0.25, -0.2) is 0 Å². The number of rotatable bonds is 2. The summed E-state index contributed by atoms with van der Waals surface area (Å²) in [7, 11) is 1.62. The van der Waals surface area contributed by atoms with Gasteiger partial charge in [-0.15, -0.1) is 0 Å². The largest absolute Gasteiger partial charge is 0.377 e. The summed E-state index contributed by atoms with van der Waals surface area (Å²) in [4.78, 5) is 0. The van der Waals surface area contributed by atoms with Crippen molar-refractivity contribution >= 4 is 15.9 Å². The highest BCUT2D eigenvalue weighted by molar-refractivity contribution is 9.10. The lowest BCUT2D eigenvalue weighted by Gasteiger charge is -1.90. The van der Waals surface area contributed by atoms with Crippen molar-refractivity contribution in [2.75, 3.05) is 7.11 Å². The maximum atomic E-state index is 4.91. The number of nitrogens with zero attached hydrogens (tertiary/aromatic N) is 1. The van der Waals surface area contributed by atoms with Crippen molar-refractivity contribution in [1.29, 1.82) is 0 Å². The molecule has 1 aromatic heterocycles. The van der Waals surface area contributed by atoms with Crippen LogP contribution in [-0.2, 0) is 11.3 Å². The summed E-state index contributed by atoms with van der Waals surface area (Å²) in [5, 5.41) is 3.73. The molecule has 0 aromatic carbocycles. The molecular weight excluding hydrogens is 198 g/mol. The van der Waals surface area contributed by atoms with Gasteiger partial charge in [0.1, 0.15) is 6.61 Å². The van der Waals surface area contributed by atoms with E-state index in [2.05, 4.69) is 21.1 Å². The molecule has 0 N–H and O–H groups in total. The number of hydrogen-bond donors (Lipinski definition) is 0. The van der Waals surface area contributed by atoms with Crippen LogP contribution in [0.25, 0.3) is 0 Å². The fourth-order valence-corrected chi connectivity index (χ4v) is 0.886. The Balaban J connectivity index is 2.83. The highest BCUT2D eigenvalue weighted by Crippen LogP contribution is 2.20. The molecule has 10 heavy (non-hydrogen) atoms. The van der Waals surface area contributed by atoms with Gasteiger partial charge < -0.3 is 9.26 Å². The van der Waals surface area contributed by atoms with Gasteiger partial charge in [-0.3, -0.25) is 0 Å². The van der Waals surface area contributed by atoms with Gasteiger partial charge in [0.25, 0.3) is 0 Å². The number of aryl methyl sites for hydroxylation is 1. The maximum Gasteiger partial charge on any atom is 0.176 e. The minimum atomic E-state index is 0.460. The molecule has 1 aromatic rings. The zero-order valence-corrected chi connectivity index (χ0v) is 7.43. The van der Waals surface area contributed by atoms with Gasteiger partial charge in [0.2, 0.25) is 0 Å². The van der Waals surface area contributed by atoms with Crippen LogP contribution in [0, 0.1) is 6.92 Å². The normalized spacial score (nSPS) is 10.3. The molecule has 3 nitrogen and oxygen atoms in total. The molecule has 0 amide bonds. The maximum absolute atomic E-state index is 4.91. The number of aromatic nitrogens is 1. The topological polar surface area (TPSA) is 35.3 Å².